The van der Waals surface area contributed by atoms with E-state index in [1.165, 1.54) is 11.3 Å². The van der Waals surface area contributed by atoms with Gasteiger partial charge in [0.05, 0.1) is 31.1 Å². The van der Waals surface area contributed by atoms with Gasteiger partial charge in [-0.15, -0.1) is 11.3 Å². The summed E-state index contributed by atoms with van der Waals surface area (Å²) in [5, 5.41) is 1.91. The van der Waals surface area contributed by atoms with Crippen LogP contribution in [0.15, 0.2) is 35.7 Å². The van der Waals surface area contributed by atoms with Gasteiger partial charge in [-0.2, -0.15) is 0 Å². The highest BCUT2D eigenvalue weighted by atomic mass is 32.1. The molecule has 0 aliphatic carbocycles. The maximum absolute atomic E-state index is 13.5. The van der Waals surface area contributed by atoms with Crippen LogP contribution in [0.5, 0.6) is 11.5 Å². The summed E-state index contributed by atoms with van der Waals surface area (Å²) in [6.07, 6.45) is 3.57. The average molecular weight is 429 g/mol. The molecule has 0 saturated carbocycles. The van der Waals surface area contributed by atoms with Crippen LogP contribution in [-0.4, -0.2) is 55.5 Å². The molecule has 2 saturated heterocycles. The number of methoxy groups -OCH3 is 2. The molecular formula is C23H28N2O4S. The second-order valence-corrected chi connectivity index (χ2v) is 8.81. The van der Waals surface area contributed by atoms with E-state index < -0.39 is 0 Å². The number of thiophene rings is 1. The van der Waals surface area contributed by atoms with Gasteiger partial charge in [0.25, 0.3) is 5.91 Å². The maximum atomic E-state index is 13.5. The molecule has 2 aliphatic heterocycles. The largest absolute Gasteiger partial charge is 0.497 e. The number of carbonyl (C=O) groups excluding carboxylic acids is 2. The highest BCUT2D eigenvalue weighted by Crippen LogP contribution is 2.40. The second kappa shape index (κ2) is 9.08. The van der Waals surface area contributed by atoms with E-state index in [2.05, 4.69) is 0 Å². The van der Waals surface area contributed by atoms with Crippen molar-refractivity contribution in [2.75, 3.05) is 33.9 Å². The summed E-state index contributed by atoms with van der Waals surface area (Å²) in [5.74, 6) is 1.53. The van der Waals surface area contributed by atoms with Crippen LogP contribution in [0.3, 0.4) is 0 Å². The van der Waals surface area contributed by atoms with E-state index in [9.17, 15) is 9.59 Å². The SMILES string of the molecule is COc1ccc(C2CCCN2C(=O)C2CCCN(C(=O)c3cccs3)C2)c(OC)c1. The molecule has 4 rings (SSSR count). The average Bonchev–Trinajstić information content (AvgIpc) is 3.50. The maximum Gasteiger partial charge on any atom is 0.263 e. The van der Waals surface area contributed by atoms with Crippen LogP contribution in [-0.2, 0) is 4.79 Å². The molecule has 7 heteroatoms. The molecule has 6 nitrogen and oxygen atoms in total. The normalized spacial score (nSPS) is 21.5. The molecule has 2 aliphatic rings. The summed E-state index contributed by atoms with van der Waals surface area (Å²) < 4.78 is 10.9. The highest BCUT2D eigenvalue weighted by molar-refractivity contribution is 7.12. The summed E-state index contributed by atoms with van der Waals surface area (Å²) in [5.41, 5.74) is 1.02. The summed E-state index contributed by atoms with van der Waals surface area (Å²) in [6.45, 7) is 1.96. The van der Waals surface area contributed by atoms with Gasteiger partial charge in [0.15, 0.2) is 0 Å². The number of rotatable bonds is 5. The van der Waals surface area contributed by atoms with Crippen molar-refractivity contribution < 1.29 is 19.1 Å². The molecule has 2 atom stereocenters. The van der Waals surface area contributed by atoms with Gasteiger partial charge < -0.3 is 19.3 Å². The molecule has 0 radical (unpaired) electrons. The van der Waals surface area contributed by atoms with Gasteiger partial charge in [0.1, 0.15) is 11.5 Å². The molecule has 1 aromatic carbocycles. The van der Waals surface area contributed by atoms with Gasteiger partial charge in [-0.3, -0.25) is 9.59 Å². The highest BCUT2D eigenvalue weighted by Gasteiger charge is 2.37. The molecule has 2 unspecified atom stereocenters. The van der Waals surface area contributed by atoms with Crippen LogP contribution in [0, 0.1) is 5.92 Å². The fourth-order valence-electron chi connectivity index (χ4n) is 4.60. The van der Waals surface area contributed by atoms with Gasteiger partial charge in [-0.25, -0.2) is 0 Å². The van der Waals surface area contributed by atoms with Crippen molar-refractivity contribution in [3.05, 3.63) is 46.2 Å². The Hall–Kier alpha value is -2.54. The third-order valence-electron chi connectivity index (χ3n) is 6.13. The minimum atomic E-state index is -0.146. The Bertz CT molecular complexity index is 899. The summed E-state index contributed by atoms with van der Waals surface area (Å²) >= 11 is 1.45. The van der Waals surface area contributed by atoms with Crippen molar-refractivity contribution in [3.8, 4) is 11.5 Å². The first kappa shape index (κ1) is 20.7. The second-order valence-electron chi connectivity index (χ2n) is 7.87. The molecule has 2 amide bonds. The minimum Gasteiger partial charge on any atom is -0.497 e. The monoisotopic (exact) mass is 428 g/mol. The number of likely N-dealkylation sites (tertiary alicyclic amines) is 2. The Morgan fingerprint density at radius 1 is 1.07 bits per heavy atom. The number of carbonyl (C=O) groups is 2. The van der Waals surface area contributed by atoms with Crippen LogP contribution in [0.1, 0.15) is 47.0 Å². The third-order valence-corrected chi connectivity index (χ3v) is 6.98. The molecule has 1 aromatic heterocycles. The fraction of sp³-hybridized carbons (Fsp3) is 0.478. The molecular weight excluding hydrogens is 400 g/mol. The number of benzene rings is 1. The predicted molar refractivity (Wildman–Crippen MR) is 116 cm³/mol. The predicted octanol–water partition coefficient (Wildman–Crippen LogP) is 3.98. The molecule has 0 bridgehead atoms. The van der Waals surface area contributed by atoms with E-state index in [0.717, 1.165) is 60.7 Å². The minimum absolute atomic E-state index is 0.00160. The Kier molecular flexibility index (Phi) is 6.27. The zero-order valence-electron chi connectivity index (χ0n) is 17.5. The number of hydrogen-bond acceptors (Lipinski definition) is 5. The van der Waals surface area contributed by atoms with E-state index in [4.69, 9.17) is 9.47 Å². The van der Waals surface area contributed by atoms with Gasteiger partial charge in [-0.05, 0) is 49.3 Å². The molecule has 0 spiro atoms. The number of ether oxygens (including phenoxy) is 2. The van der Waals surface area contributed by atoms with Crippen molar-refractivity contribution in [1.82, 2.24) is 9.80 Å². The third kappa shape index (κ3) is 4.03. The van der Waals surface area contributed by atoms with Crippen molar-refractivity contribution in [2.45, 2.75) is 31.7 Å². The molecule has 2 fully saturated rings. The van der Waals surface area contributed by atoms with Gasteiger partial charge in [-0.1, -0.05) is 6.07 Å². The van der Waals surface area contributed by atoms with E-state index in [1.807, 2.05) is 45.5 Å². The van der Waals surface area contributed by atoms with Gasteiger partial charge >= 0.3 is 0 Å². The quantitative estimate of drug-likeness (QED) is 0.723. The lowest BCUT2D eigenvalue weighted by atomic mass is 9.95. The number of amides is 2. The standard InChI is InChI=1S/C23H28N2O4S/c1-28-17-9-10-18(20(14-17)29-2)19-7-4-12-25(19)22(26)16-6-3-11-24(15-16)23(27)21-8-5-13-30-21/h5,8-10,13-14,16,19H,3-4,6-7,11-12,15H2,1-2H3. The summed E-state index contributed by atoms with van der Waals surface area (Å²) in [7, 11) is 3.28. The molecule has 0 N–H and O–H groups in total. The Morgan fingerprint density at radius 2 is 1.90 bits per heavy atom. The van der Waals surface area contributed by atoms with Crippen LogP contribution in [0.4, 0.5) is 0 Å². The van der Waals surface area contributed by atoms with Gasteiger partial charge in [0.2, 0.25) is 5.91 Å². The number of nitrogens with zero attached hydrogens (tertiary/aromatic N) is 2. The summed E-state index contributed by atoms with van der Waals surface area (Å²) in [4.78, 5) is 30.8. The van der Waals surface area contributed by atoms with Crippen molar-refractivity contribution in [1.29, 1.82) is 0 Å². The zero-order valence-corrected chi connectivity index (χ0v) is 18.3. The Balaban J connectivity index is 1.50. The number of hydrogen-bond donors (Lipinski definition) is 0. The summed E-state index contributed by atoms with van der Waals surface area (Å²) in [6, 6.07) is 9.54. The van der Waals surface area contributed by atoms with Crippen molar-refractivity contribution in [2.24, 2.45) is 5.92 Å². The first-order valence-corrected chi connectivity index (χ1v) is 11.4. The van der Waals surface area contributed by atoms with Gasteiger partial charge in [0, 0.05) is 31.3 Å². The zero-order chi connectivity index (χ0) is 21.1. The van der Waals surface area contributed by atoms with Crippen molar-refractivity contribution >= 4 is 23.2 Å². The lowest BCUT2D eigenvalue weighted by molar-refractivity contribution is -0.138. The van der Waals surface area contributed by atoms with E-state index in [1.54, 1.807) is 14.2 Å². The lowest BCUT2D eigenvalue weighted by Gasteiger charge is -2.35. The Morgan fingerprint density at radius 3 is 2.63 bits per heavy atom. The van der Waals surface area contributed by atoms with Crippen LogP contribution < -0.4 is 9.47 Å². The van der Waals surface area contributed by atoms with Crippen LogP contribution in [0.25, 0.3) is 0 Å². The van der Waals surface area contributed by atoms with Crippen LogP contribution >= 0.6 is 11.3 Å². The topological polar surface area (TPSA) is 59.1 Å². The molecule has 160 valence electrons. The van der Waals surface area contributed by atoms with E-state index in [0.29, 0.717) is 6.54 Å². The first-order chi connectivity index (χ1) is 14.6. The van der Waals surface area contributed by atoms with Crippen LogP contribution in [0.2, 0.25) is 0 Å². The smallest absolute Gasteiger partial charge is 0.263 e. The van der Waals surface area contributed by atoms with Crippen molar-refractivity contribution in [3.63, 3.8) is 0 Å². The number of piperidine rings is 1. The van der Waals surface area contributed by atoms with E-state index in [-0.39, 0.29) is 23.8 Å². The fourth-order valence-corrected chi connectivity index (χ4v) is 5.29. The Labute approximate surface area is 181 Å². The van der Waals surface area contributed by atoms with E-state index >= 15 is 0 Å². The first-order valence-electron chi connectivity index (χ1n) is 10.5. The lowest BCUT2D eigenvalue weighted by Crippen LogP contribution is -2.46. The molecule has 3 heterocycles. The molecule has 30 heavy (non-hydrogen) atoms. The molecule has 2 aromatic rings.